The van der Waals surface area contributed by atoms with Crippen molar-refractivity contribution in [1.82, 2.24) is 0 Å². The second-order valence-corrected chi connectivity index (χ2v) is 9.28. The number of carbonyl (C=O) groups excluding carboxylic acids is 1. The molecular weight excluding hydrogens is 422 g/mol. The van der Waals surface area contributed by atoms with Gasteiger partial charge in [0, 0.05) is 17.8 Å². The molecule has 0 spiro atoms. The summed E-state index contributed by atoms with van der Waals surface area (Å²) in [4.78, 5) is 12.6. The van der Waals surface area contributed by atoms with Gasteiger partial charge in [-0.2, -0.15) is 0 Å². The average molecular weight is 442 g/mol. The van der Waals surface area contributed by atoms with Crippen molar-refractivity contribution >= 4 is 27.3 Å². The molecule has 0 fully saturated rings. The van der Waals surface area contributed by atoms with E-state index in [4.69, 9.17) is 0 Å². The fourth-order valence-corrected chi connectivity index (χ4v) is 5.08. The Balaban J connectivity index is 1.65. The van der Waals surface area contributed by atoms with Crippen molar-refractivity contribution in [3.8, 4) is 0 Å². The standard InChI is InChI=1S/C23H20F2N2O3S/c1-15-4-9-19(10-5-15)31(29,30)27-12-2-3-16-6-8-18(14-22(16)27)26-23(28)17-7-11-20(24)21(25)13-17/h4-11,13-14H,2-3,12H2,1H3,(H,26,28). The van der Waals surface area contributed by atoms with Gasteiger partial charge in [-0.3, -0.25) is 9.10 Å². The number of carbonyl (C=O) groups is 1. The van der Waals surface area contributed by atoms with E-state index in [0.29, 0.717) is 30.8 Å². The molecule has 0 aromatic heterocycles. The molecule has 0 unspecified atom stereocenters. The molecule has 4 rings (SSSR count). The first-order valence-corrected chi connectivity index (χ1v) is 11.2. The van der Waals surface area contributed by atoms with E-state index in [1.165, 1.54) is 10.4 Å². The number of anilines is 2. The molecule has 31 heavy (non-hydrogen) atoms. The molecule has 3 aromatic carbocycles. The van der Waals surface area contributed by atoms with Gasteiger partial charge in [0.25, 0.3) is 15.9 Å². The van der Waals surface area contributed by atoms with Gasteiger partial charge in [-0.1, -0.05) is 23.8 Å². The van der Waals surface area contributed by atoms with Crippen molar-refractivity contribution in [2.75, 3.05) is 16.2 Å². The summed E-state index contributed by atoms with van der Waals surface area (Å²) in [5.41, 5.74) is 2.63. The number of sulfonamides is 1. The van der Waals surface area contributed by atoms with Crippen molar-refractivity contribution in [2.24, 2.45) is 0 Å². The van der Waals surface area contributed by atoms with Gasteiger partial charge in [-0.15, -0.1) is 0 Å². The molecule has 1 heterocycles. The fraction of sp³-hybridized carbons (Fsp3) is 0.174. The van der Waals surface area contributed by atoms with Gasteiger partial charge in [-0.25, -0.2) is 17.2 Å². The van der Waals surface area contributed by atoms with Crippen LogP contribution in [0.2, 0.25) is 0 Å². The maximum Gasteiger partial charge on any atom is 0.264 e. The summed E-state index contributed by atoms with van der Waals surface area (Å²) in [5, 5.41) is 2.62. The highest BCUT2D eigenvalue weighted by atomic mass is 32.2. The molecule has 0 radical (unpaired) electrons. The molecule has 0 saturated heterocycles. The van der Waals surface area contributed by atoms with E-state index in [0.717, 1.165) is 23.3 Å². The number of fused-ring (bicyclic) bond motifs is 1. The Labute approximate surface area is 179 Å². The van der Waals surface area contributed by atoms with Crippen molar-refractivity contribution < 1.29 is 22.0 Å². The van der Waals surface area contributed by atoms with Crippen molar-refractivity contribution in [3.63, 3.8) is 0 Å². The monoisotopic (exact) mass is 442 g/mol. The highest BCUT2D eigenvalue weighted by Gasteiger charge is 2.29. The first-order valence-electron chi connectivity index (χ1n) is 9.74. The summed E-state index contributed by atoms with van der Waals surface area (Å²) < 4.78 is 54.4. The van der Waals surface area contributed by atoms with Crippen molar-refractivity contribution in [2.45, 2.75) is 24.7 Å². The van der Waals surface area contributed by atoms with Crippen LogP contribution in [0.15, 0.2) is 65.6 Å². The molecule has 5 nitrogen and oxygen atoms in total. The predicted octanol–water partition coefficient (Wildman–Crippen LogP) is 4.67. The third kappa shape index (κ3) is 4.16. The Morgan fingerprint density at radius 3 is 2.42 bits per heavy atom. The Morgan fingerprint density at radius 2 is 1.71 bits per heavy atom. The van der Waals surface area contributed by atoms with E-state index in [-0.39, 0.29) is 10.5 Å². The average Bonchev–Trinajstić information content (AvgIpc) is 2.75. The van der Waals surface area contributed by atoms with Crippen molar-refractivity contribution in [3.05, 3.63) is 89.0 Å². The van der Waals surface area contributed by atoms with Gasteiger partial charge in [0.2, 0.25) is 0 Å². The quantitative estimate of drug-likeness (QED) is 0.639. The molecule has 3 aromatic rings. The van der Waals surface area contributed by atoms with Gasteiger partial charge in [0.15, 0.2) is 11.6 Å². The van der Waals surface area contributed by atoms with Gasteiger partial charge >= 0.3 is 0 Å². The molecule has 1 N–H and O–H groups in total. The van der Waals surface area contributed by atoms with Crippen LogP contribution in [0.25, 0.3) is 0 Å². The largest absolute Gasteiger partial charge is 0.322 e. The zero-order valence-corrected chi connectivity index (χ0v) is 17.5. The zero-order valence-electron chi connectivity index (χ0n) is 16.7. The molecule has 0 atom stereocenters. The molecule has 0 aliphatic carbocycles. The Bertz CT molecular complexity index is 1260. The van der Waals surface area contributed by atoms with Crippen LogP contribution in [0.3, 0.4) is 0 Å². The molecule has 160 valence electrons. The lowest BCUT2D eigenvalue weighted by Crippen LogP contribution is -2.35. The van der Waals surface area contributed by atoms with E-state index >= 15 is 0 Å². The van der Waals surface area contributed by atoms with Crippen LogP contribution in [0.4, 0.5) is 20.2 Å². The van der Waals surface area contributed by atoms with Crippen LogP contribution in [0.1, 0.15) is 27.9 Å². The number of benzene rings is 3. The molecule has 0 saturated carbocycles. The van der Waals surface area contributed by atoms with Crippen LogP contribution in [0, 0.1) is 18.6 Å². The third-order valence-corrected chi connectivity index (χ3v) is 7.04. The molecule has 1 aliphatic heterocycles. The summed E-state index contributed by atoms with van der Waals surface area (Å²) in [7, 11) is -3.77. The van der Waals surface area contributed by atoms with Gasteiger partial charge in [0.05, 0.1) is 10.6 Å². The molecule has 8 heteroatoms. The van der Waals surface area contributed by atoms with Crippen molar-refractivity contribution in [1.29, 1.82) is 0 Å². The van der Waals surface area contributed by atoms with E-state index in [9.17, 15) is 22.0 Å². The summed E-state index contributed by atoms with van der Waals surface area (Å²) >= 11 is 0. The van der Waals surface area contributed by atoms with Gasteiger partial charge < -0.3 is 5.32 Å². The van der Waals surface area contributed by atoms with E-state index in [1.54, 1.807) is 42.5 Å². The number of hydrogen-bond donors (Lipinski definition) is 1. The second-order valence-electron chi connectivity index (χ2n) is 7.42. The number of aryl methyl sites for hydroxylation is 2. The Morgan fingerprint density at radius 1 is 0.968 bits per heavy atom. The minimum Gasteiger partial charge on any atom is -0.322 e. The minimum absolute atomic E-state index is 0.0410. The smallest absolute Gasteiger partial charge is 0.264 e. The van der Waals surface area contributed by atoms with Gasteiger partial charge in [-0.05, 0) is 67.8 Å². The molecular formula is C23H20F2N2O3S. The predicted molar refractivity (Wildman–Crippen MR) is 115 cm³/mol. The maximum absolute atomic E-state index is 13.4. The Hall–Kier alpha value is -3.26. The molecule has 1 aliphatic rings. The van der Waals surface area contributed by atoms with E-state index in [1.807, 2.05) is 6.92 Å². The molecule has 0 bridgehead atoms. The number of amides is 1. The third-order valence-electron chi connectivity index (χ3n) is 5.21. The highest BCUT2D eigenvalue weighted by Crippen LogP contribution is 2.34. The van der Waals surface area contributed by atoms with Gasteiger partial charge in [0.1, 0.15) is 0 Å². The number of rotatable bonds is 4. The van der Waals surface area contributed by atoms with E-state index in [2.05, 4.69) is 5.32 Å². The number of hydrogen-bond acceptors (Lipinski definition) is 3. The maximum atomic E-state index is 13.4. The summed E-state index contributed by atoms with van der Waals surface area (Å²) in [6, 6.07) is 14.6. The fourth-order valence-electron chi connectivity index (χ4n) is 3.55. The molecule has 1 amide bonds. The van der Waals surface area contributed by atoms with Crippen LogP contribution in [0.5, 0.6) is 0 Å². The summed E-state index contributed by atoms with van der Waals surface area (Å²) in [6.07, 6.45) is 1.39. The lowest BCUT2D eigenvalue weighted by Gasteiger charge is -2.31. The van der Waals surface area contributed by atoms with E-state index < -0.39 is 27.6 Å². The normalized spacial score (nSPS) is 13.6. The van der Waals surface area contributed by atoms with Crippen LogP contribution in [-0.2, 0) is 16.4 Å². The first kappa shape index (κ1) is 21.0. The second kappa shape index (κ2) is 8.11. The highest BCUT2D eigenvalue weighted by molar-refractivity contribution is 7.92. The number of halogens is 2. The van der Waals surface area contributed by atoms with Crippen LogP contribution < -0.4 is 9.62 Å². The number of nitrogens with one attached hydrogen (secondary N) is 1. The summed E-state index contributed by atoms with van der Waals surface area (Å²) in [6.45, 7) is 2.21. The lowest BCUT2D eigenvalue weighted by molar-refractivity contribution is 0.102. The number of nitrogens with zero attached hydrogens (tertiary/aromatic N) is 1. The lowest BCUT2D eigenvalue weighted by atomic mass is 10.0. The van der Waals surface area contributed by atoms with Crippen LogP contribution >= 0.6 is 0 Å². The van der Waals surface area contributed by atoms with Crippen LogP contribution in [-0.4, -0.2) is 20.9 Å². The minimum atomic E-state index is -3.77. The SMILES string of the molecule is Cc1ccc(S(=O)(=O)N2CCCc3ccc(NC(=O)c4ccc(F)c(F)c4)cc32)cc1. The topological polar surface area (TPSA) is 66.5 Å². The zero-order chi connectivity index (χ0) is 22.2. The Kier molecular flexibility index (Phi) is 5.49. The first-order chi connectivity index (χ1) is 14.8. The summed E-state index contributed by atoms with van der Waals surface area (Å²) in [5.74, 6) is -2.78.